The summed E-state index contributed by atoms with van der Waals surface area (Å²) in [7, 11) is 7.63. The lowest BCUT2D eigenvalue weighted by Gasteiger charge is -2.15. The van der Waals surface area contributed by atoms with Crippen LogP contribution in [0.1, 0.15) is 0 Å². The predicted molar refractivity (Wildman–Crippen MR) is 69.9 cm³/mol. The van der Waals surface area contributed by atoms with Crippen molar-refractivity contribution in [1.29, 1.82) is 0 Å². The molecule has 16 heavy (non-hydrogen) atoms. The average molecular weight is 262 g/mol. The van der Waals surface area contributed by atoms with Gasteiger partial charge in [-0.3, -0.25) is 0 Å². The molecule has 0 spiro atoms. The van der Waals surface area contributed by atoms with Crippen LogP contribution in [-0.4, -0.2) is 54.8 Å². The zero-order chi connectivity index (χ0) is 12.1. The molecule has 0 N–H and O–H groups in total. The fourth-order valence-electron chi connectivity index (χ4n) is 0.930. The van der Waals surface area contributed by atoms with E-state index in [9.17, 15) is 0 Å². The first-order chi connectivity index (χ1) is 7.54. The van der Waals surface area contributed by atoms with Crippen LogP contribution in [0.2, 0.25) is 0 Å². The molecule has 5 nitrogen and oxygen atoms in total. The predicted octanol–water partition coefficient (Wildman–Crippen LogP) is 1.33. The molecule has 90 valence electrons. The largest absolute Gasteiger partial charge is 0.347 e. The van der Waals surface area contributed by atoms with E-state index in [4.69, 9.17) is 11.6 Å². The smallest absolute Gasteiger partial charge is 0.230 e. The van der Waals surface area contributed by atoms with E-state index >= 15 is 0 Å². The first kappa shape index (κ1) is 13.3. The Morgan fingerprint density at radius 1 is 1.00 bits per heavy atom. The summed E-state index contributed by atoms with van der Waals surface area (Å²) in [4.78, 5) is 16.7. The van der Waals surface area contributed by atoms with Crippen molar-refractivity contribution in [2.75, 3.05) is 49.6 Å². The number of hydrogen-bond donors (Lipinski definition) is 0. The fraction of sp³-hybridized carbons (Fsp3) is 0.667. The standard InChI is InChI=1S/C9H16ClN5S/c1-14(2)7-11-8(15(3)4)13-9(12-7)16-6-5-10/h5-6H2,1-4H3. The van der Waals surface area contributed by atoms with Gasteiger partial charge in [0.05, 0.1) is 0 Å². The van der Waals surface area contributed by atoms with Crippen LogP contribution in [0.4, 0.5) is 11.9 Å². The molecule has 1 aromatic rings. The maximum Gasteiger partial charge on any atom is 0.230 e. The van der Waals surface area contributed by atoms with E-state index in [-0.39, 0.29) is 0 Å². The number of anilines is 2. The molecule has 1 aromatic heterocycles. The summed E-state index contributed by atoms with van der Waals surface area (Å²) < 4.78 is 0. The second kappa shape index (κ2) is 6.10. The Balaban J connectivity index is 2.99. The number of alkyl halides is 1. The molecule has 0 aliphatic carbocycles. The Hall–Kier alpha value is -0.750. The van der Waals surface area contributed by atoms with E-state index in [1.807, 2.05) is 38.0 Å². The van der Waals surface area contributed by atoms with Crippen molar-refractivity contribution in [2.24, 2.45) is 0 Å². The summed E-state index contributed by atoms with van der Waals surface area (Å²) in [5.41, 5.74) is 0. The Morgan fingerprint density at radius 2 is 1.50 bits per heavy atom. The Morgan fingerprint density at radius 3 is 1.88 bits per heavy atom. The van der Waals surface area contributed by atoms with E-state index in [0.717, 1.165) is 5.75 Å². The van der Waals surface area contributed by atoms with E-state index < -0.39 is 0 Å². The van der Waals surface area contributed by atoms with Crippen LogP contribution in [0, 0.1) is 0 Å². The van der Waals surface area contributed by atoms with Crippen LogP contribution in [-0.2, 0) is 0 Å². The first-order valence-corrected chi connectivity index (χ1v) is 6.36. The van der Waals surface area contributed by atoms with Crippen LogP contribution < -0.4 is 9.80 Å². The third-order valence-electron chi connectivity index (χ3n) is 1.70. The average Bonchev–Trinajstić information content (AvgIpc) is 2.25. The number of rotatable bonds is 5. The molecule has 0 radical (unpaired) electrons. The van der Waals surface area contributed by atoms with Gasteiger partial charge < -0.3 is 9.80 Å². The van der Waals surface area contributed by atoms with Crippen LogP contribution in [0.25, 0.3) is 0 Å². The molecule has 0 fully saturated rings. The van der Waals surface area contributed by atoms with Crippen molar-refractivity contribution in [3.8, 4) is 0 Å². The lowest BCUT2D eigenvalue weighted by molar-refractivity contribution is 0.840. The lowest BCUT2D eigenvalue weighted by atomic mass is 10.7. The van der Waals surface area contributed by atoms with Crippen molar-refractivity contribution < 1.29 is 0 Å². The minimum absolute atomic E-state index is 0.588. The van der Waals surface area contributed by atoms with E-state index in [0.29, 0.717) is 22.9 Å². The Bertz CT molecular complexity index is 318. The molecule has 0 aliphatic rings. The molecule has 0 unspecified atom stereocenters. The maximum absolute atomic E-state index is 5.64. The highest BCUT2D eigenvalue weighted by molar-refractivity contribution is 7.99. The van der Waals surface area contributed by atoms with Gasteiger partial charge in [-0.05, 0) is 0 Å². The molecular formula is C9H16ClN5S. The van der Waals surface area contributed by atoms with Crippen molar-refractivity contribution >= 4 is 35.3 Å². The summed E-state index contributed by atoms with van der Waals surface area (Å²) in [6.45, 7) is 0. The molecule has 1 rings (SSSR count). The third kappa shape index (κ3) is 3.68. The van der Waals surface area contributed by atoms with Gasteiger partial charge in [0.2, 0.25) is 11.9 Å². The lowest BCUT2D eigenvalue weighted by Crippen LogP contribution is -2.19. The quantitative estimate of drug-likeness (QED) is 0.589. The van der Waals surface area contributed by atoms with Gasteiger partial charge in [0.25, 0.3) is 0 Å². The zero-order valence-electron chi connectivity index (χ0n) is 9.94. The topological polar surface area (TPSA) is 45.2 Å². The van der Waals surface area contributed by atoms with E-state index in [1.165, 1.54) is 11.8 Å². The van der Waals surface area contributed by atoms with Gasteiger partial charge in [-0.25, -0.2) is 0 Å². The van der Waals surface area contributed by atoms with Crippen LogP contribution in [0.5, 0.6) is 0 Å². The third-order valence-corrected chi connectivity index (χ3v) is 2.96. The minimum atomic E-state index is 0.588. The molecule has 0 saturated carbocycles. The second-order valence-corrected chi connectivity index (χ2v) is 4.98. The van der Waals surface area contributed by atoms with Gasteiger partial charge in [0.1, 0.15) is 0 Å². The van der Waals surface area contributed by atoms with Gasteiger partial charge in [-0.1, -0.05) is 11.8 Å². The van der Waals surface area contributed by atoms with Crippen molar-refractivity contribution in [3.05, 3.63) is 0 Å². The number of thioether (sulfide) groups is 1. The molecule has 0 saturated heterocycles. The van der Waals surface area contributed by atoms with Crippen LogP contribution >= 0.6 is 23.4 Å². The highest BCUT2D eigenvalue weighted by Crippen LogP contribution is 2.18. The summed E-state index contributed by atoms with van der Waals surface area (Å²) in [6.07, 6.45) is 0. The first-order valence-electron chi connectivity index (χ1n) is 4.84. The number of hydrogen-bond acceptors (Lipinski definition) is 6. The van der Waals surface area contributed by atoms with Gasteiger partial charge in [0, 0.05) is 39.8 Å². The Labute approximate surface area is 105 Å². The second-order valence-electron chi connectivity index (χ2n) is 3.54. The van der Waals surface area contributed by atoms with Crippen molar-refractivity contribution in [3.63, 3.8) is 0 Å². The summed E-state index contributed by atoms with van der Waals surface area (Å²) in [6, 6.07) is 0. The molecule has 7 heteroatoms. The summed E-state index contributed by atoms with van der Waals surface area (Å²) in [5, 5.41) is 0.711. The molecule has 0 bridgehead atoms. The molecule has 0 atom stereocenters. The zero-order valence-corrected chi connectivity index (χ0v) is 11.5. The number of aromatic nitrogens is 3. The van der Waals surface area contributed by atoms with Gasteiger partial charge in [-0.15, -0.1) is 11.6 Å². The normalized spacial score (nSPS) is 10.3. The van der Waals surface area contributed by atoms with Gasteiger partial charge in [-0.2, -0.15) is 15.0 Å². The molecule has 0 aromatic carbocycles. The number of halogens is 1. The summed E-state index contributed by atoms with van der Waals surface area (Å²) in [5.74, 6) is 2.71. The van der Waals surface area contributed by atoms with Crippen LogP contribution in [0.3, 0.4) is 0 Å². The maximum atomic E-state index is 5.64. The Kier molecular flexibility index (Phi) is 5.08. The highest BCUT2D eigenvalue weighted by Gasteiger charge is 2.09. The van der Waals surface area contributed by atoms with Gasteiger partial charge >= 0.3 is 0 Å². The minimum Gasteiger partial charge on any atom is -0.347 e. The molecule has 0 aliphatic heterocycles. The van der Waals surface area contributed by atoms with Gasteiger partial charge in [0.15, 0.2) is 5.16 Å². The highest BCUT2D eigenvalue weighted by atomic mass is 35.5. The fourth-order valence-corrected chi connectivity index (χ4v) is 1.71. The summed E-state index contributed by atoms with van der Waals surface area (Å²) >= 11 is 7.18. The molecule has 1 heterocycles. The number of nitrogens with zero attached hydrogens (tertiary/aromatic N) is 5. The molecular weight excluding hydrogens is 246 g/mol. The monoisotopic (exact) mass is 261 g/mol. The van der Waals surface area contributed by atoms with E-state index in [2.05, 4.69) is 15.0 Å². The molecule has 0 amide bonds. The van der Waals surface area contributed by atoms with Crippen molar-refractivity contribution in [1.82, 2.24) is 15.0 Å². The SMILES string of the molecule is CN(C)c1nc(SCCCl)nc(N(C)C)n1. The van der Waals surface area contributed by atoms with Crippen molar-refractivity contribution in [2.45, 2.75) is 5.16 Å². The van der Waals surface area contributed by atoms with E-state index in [1.54, 1.807) is 0 Å². The van der Waals surface area contributed by atoms with Crippen LogP contribution in [0.15, 0.2) is 5.16 Å².